The predicted molar refractivity (Wildman–Crippen MR) is 125 cm³/mol. The summed E-state index contributed by atoms with van der Waals surface area (Å²) in [5.74, 6) is -2.16. The van der Waals surface area contributed by atoms with E-state index in [0.717, 1.165) is 37.4 Å². The Bertz CT molecular complexity index is 1430. The van der Waals surface area contributed by atoms with E-state index in [1.807, 2.05) is 0 Å². The summed E-state index contributed by atoms with van der Waals surface area (Å²) >= 11 is 0. The first-order valence-corrected chi connectivity index (χ1v) is 13.3. The van der Waals surface area contributed by atoms with Crippen LogP contribution in [0.5, 0.6) is 0 Å². The molecule has 1 aliphatic heterocycles. The zero-order chi connectivity index (χ0) is 27.1. The van der Waals surface area contributed by atoms with Crippen molar-refractivity contribution in [3.63, 3.8) is 0 Å². The third-order valence-corrected chi connectivity index (χ3v) is 8.54. The molecule has 1 aromatic carbocycles. The topological polar surface area (TPSA) is 118 Å². The molecule has 0 bridgehead atoms. The summed E-state index contributed by atoms with van der Waals surface area (Å²) in [6.07, 6.45) is 1.15. The molecule has 200 valence electrons. The van der Waals surface area contributed by atoms with Gasteiger partial charge in [0.2, 0.25) is 21.8 Å². The van der Waals surface area contributed by atoms with E-state index in [9.17, 15) is 30.8 Å². The van der Waals surface area contributed by atoms with E-state index in [4.69, 9.17) is 0 Å². The molecule has 2 aromatic heterocycles. The molecule has 0 unspecified atom stereocenters. The van der Waals surface area contributed by atoms with Crippen LogP contribution < -0.4 is 5.32 Å². The summed E-state index contributed by atoms with van der Waals surface area (Å²) < 4.78 is 79.8. The number of halogens is 4. The maximum absolute atomic E-state index is 13.5. The van der Waals surface area contributed by atoms with Crippen LogP contribution in [-0.4, -0.2) is 50.6 Å². The minimum atomic E-state index is -4.67. The molecule has 1 saturated heterocycles. The van der Waals surface area contributed by atoms with Crippen LogP contribution in [-0.2, 0) is 27.5 Å². The first-order chi connectivity index (χ1) is 18.0. The lowest BCUT2D eigenvalue weighted by molar-refractivity contribution is -0.145. The number of benzene rings is 1. The number of nitrogens with zero attached hydrogens (tertiary/aromatic N) is 5. The molecule has 1 amide bonds. The maximum atomic E-state index is 13.5. The summed E-state index contributed by atoms with van der Waals surface area (Å²) in [5, 5.41) is 2.72. The molecule has 1 N–H and O–H groups in total. The smallest absolute Gasteiger partial charge is 0.349 e. The zero-order valence-corrected chi connectivity index (χ0v) is 20.6. The highest BCUT2D eigenvalue weighted by Crippen LogP contribution is 2.44. The van der Waals surface area contributed by atoms with Gasteiger partial charge in [-0.05, 0) is 61.9 Å². The van der Waals surface area contributed by atoms with Crippen molar-refractivity contribution in [3.8, 4) is 11.3 Å². The highest BCUT2D eigenvalue weighted by atomic mass is 32.2. The number of amides is 1. The van der Waals surface area contributed by atoms with E-state index in [-0.39, 0.29) is 34.7 Å². The number of nitrogens with one attached hydrogen (secondary N) is 1. The van der Waals surface area contributed by atoms with Crippen molar-refractivity contribution < 1.29 is 30.8 Å². The van der Waals surface area contributed by atoms with Crippen LogP contribution in [0.3, 0.4) is 0 Å². The lowest BCUT2D eigenvalue weighted by atomic mass is 10.1. The minimum absolute atomic E-state index is 0.0646. The molecule has 3 aromatic rings. The van der Waals surface area contributed by atoms with E-state index < -0.39 is 39.8 Å². The van der Waals surface area contributed by atoms with Crippen LogP contribution >= 0.6 is 0 Å². The van der Waals surface area contributed by atoms with E-state index >= 15 is 0 Å². The molecule has 38 heavy (non-hydrogen) atoms. The van der Waals surface area contributed by atoms with Crippen molar-refractivity contribution in [2.24, 2.45) is 5.92 Å². The van der Waals surface area contributed by atoms with Gasteiger partial charge in [-0.2, -0.15) is 17.5 Å². The third kappa shape index (κ3) is 5.36. The van der Waals surface area contributed by atoms with Gasteiger partial charge in [-0.1, -0.05) is 0 Å². The van der Waals surface area contributed by atoms with Crippen molar-refractivity contribution >= 4 is 15.9 Å². The first kappa shape index (κ1) is 26.1. The molecule has 0 spiro atoms. The molecule has 2 aliphatic rings. The van der Waals surface area contributed by atoms with E-state index in [0.29, 0.717) is 18.5 Å². The van der Waals surface area contributed by atoms with Crippen LogP contribution in [0.1, 0.15) is 37.2 Å². The minimum Gasteiger partial charge on any atom is -0.349 e. The second kappa shape index (κ2) is 9.98. The summed E-state index contributed by atoms with van der Waals surface area (Å²) in [6, 6.07) is 4.73. The Hall–Kier alpha value is -3.52. The summed E-state index contributed by atoms with van der Waals surface area (Å²) in [7, 11) is -4.06. The fourth-order valence-corrected chi connectivity index (χ4v) is 6.51. The Kier molecular flexibility index (Phi) is 6.86. The lowest BCUT2D eigenvalue weighted by Crippen LogP contribution is -2.49. The number of carbonyl (C=O) groups excluding carboxylic acids is 1. The van der Waals surface area contributed by atoms with Gasteiger partial charge >= 0.3 is 6.18 Å². The van der Waals surface area contributed by atoms with Crippen molar-refractivity contribution in [2.45, 2.75) is 55.4 Å². The normalized spacial score (nSPS) is 20.4. The summed E-state index contributed by atoms with van der Waals surface area (Å²) in [5.41, 5.74) is 0.841. The SMILES string of the molecule is O=C(NCc1cc(-c2cnc(C(F)(F)F)nc2)ncn1)[C@@H]1CC[C@H](C2CC2)N1S(=O)(=O)c1ccc(F)cc1. The quantitative estimate of drug-likeness (QED) is 0.449. The summed E-state index contributed by atoms with van der Waals surface area (Å²) in [4.78, 5) is 27.9. The largest absolute Gasteiger partial charge is 0.451 e. The van der Waals surface area contributed by atoms with Crippen molar-refractivity contribution in [3.05, 3.63) is 66.4 Å². The lowest BCUT2D eigenvalue weighted by Gasteiger charge is -2.29. The van der Waals surface area contributed by atoms with Gasteiger partial charge in [0.25, 0.3) is 0 Å². The van der Waals surface area contributed by atoms with Gasteiger partial charge in [0.1, 0.15) is 18.2 Å². The van der Waals surface area contributed by atoms with Gasteiger partial charge in [0.05, 0.1) is 22.8 Å². The number of alkyl halides is 3. The van der Waals surface area contributed by atoms with Gasteiger partial charge in [0, 0.05) is 24.0 Å². The second-order valence-electron chi connectivity index (χ2n) is 9.19. The molecule has 14 heteroatoms. The Balaban J connectivity index is 1.31. The molecule has 1 saturated carbocycles. The number of hydrogen-bond acceptors (Lipinski definition) is 7. The van der Waals surface area contributed by atoms with E-state index in [2.05, 4.69) is 25.3 Å². The van der Waals surface area contributed by atoms with Crippen molar-refractivity contribution in [2.75, 3.05) is 0 Å². The molecule has 2 atom stereocenters. The van der Waals surface area contributed by atoms with E-state index in [1.165, 1.54) is 28.8 Å². The average Bonchev–Trinajstić information content (AvgIpc) is 3.64. The molecule has 0 radical (unpaired) electrons. The number of hydrogen-bond donors (Lipinski definition) is 1. The van der Waals surface area contributed by atoms with Gasteiger partial charge < -0.3 is 5.32 Å². The van der Waals surface area contributed by atoms with Crippen molar-refractivity contribution in [1.29, 1.82) is 0 Å². The van der Waals surface area contributed by atoms with Gasteiger partial charge in [-0.3, -0.25) is 4.79 Å². The van der Waals surface area contributed by atoms with Crippen LogP contribution in [0, 0.1) is 11.7 Å². The molecule has 1 aliphatic carbocycles. The molecular weight excluding hydrogens is 528 g/mol. The highest BCUT2D eigenvalue weighted by molar-refractivity contribution is 7.89. The molecule has 5 rings (SSSR count). The summed E-state index contributed by atoms with van der Waals surface area (Å²) in [6.45, 7) is -0.0646. The Morgan fingerprint density at radius 3 is 2.32 bits per heavy atom. The van der Waals surface area contributed by atoms with Crippen LogP contribution in [0.15, 0.2) is 53.9 Å². The number of aromatic nitrogens is 4. The Labute approximate surface area is 215 Å². The molecule has 2 fully saturated rings. The second-order valence-corrected chi connectivity index (χ2v) is 11.0. The van der Waals surface area contributed by atoms with Crippen LogP contribution in [0.4, 0.5) is 17.6 Å². The van der Waals surface area contributed by atoms with Crippen LogP contribution in [0.25, 0.3) is 11.3 Å². The van der Waals surface area contributed by atoms with Gasteiger partial charge in [-0.25, -0.2) is 32.7 Å². The van der Waals surface area contributed by atoms with Gasteiger partial charge in [-0.15, -0.1) is 0 Å². The molecular formula is C24H22F4N6O3S. The maximum Gasteiger partial charge on any atom is 0.451 e. The fourth-order valence-electron chi connectivity index (χ4n) is 4.61. The molecule has 3 heterocycles. The Morgan fingerprint density at radius 1 is 1.00 bits per heavy atom. The standard InChI is InChI=1S/C24H22F4N6O3S/c25-16-3-5-18(6-4-16)38(36,37)34-20(14-1-2-14)7-8-21(34)22(35)29-12-17-9-19(33-13-32-17)15-10-30-23(31-11-15)24(26,27)28/h3-6,9-11,13-14,20-21H,1-2,7-8,12H2,(H,29,35)/t20-,21+/m1/s1. The Morgan fingerprint density at radius 2 is 1.68 bits per heavy atom. The fraction of sp³-hybridized carbons (Fsp3) is 0.375. The first-order valence-electron chi connectivity index (χ1n) is 11.8. The van der Waals surface area contributed by atoms with Crippen molar-refractivity contribution in [1.82, 2.24) is 29.6 Å². The number of rotatable bonds is 7. The average molecular weight is 551 g/mol. The number of sulfonamides is 1. The number of carbonyl (C=O) groups is 1. The predicted octanol–water partition coefficient (Wildman–Crippen LogP) is 3.34. The van der Waals surface area contributed by atoms with E-state index in [1.54, 1.807) is 0 Å². The van der Waals surface area contributed by atoms with Gasteiger partial charge in [0.15, 0.2) is 0 Å². The van der Waals surface area contributed by atoms with Crippen LogP contribution in [0.2, 0.25) is 0 Å². The zero-order valence-electron chi connectivity index (χ0n) is 19.8. The monoisotopic (exact) mass is 550 g/mol. The highest BCUT2D eigenvalue weighted by Gasteiger charge is 2.50. The third-order valence-electron chi connectivity index (χ3n) is 6.60. The molecule has 9 nitrogen and oxygen atoms in total.